The molecule has 0 aliphatic carbocycles. The summed E-state index contributed by atoms with van der Waals surface area (Å²) in [6, 6.07) is 9.95. The molecule has 0 unspecified atom stereocenters. The Bertz CT molecular complexity index is 1520. The molecule has 0 saturated heterocycles. The minimum Gasteiger partial charge on any atom is -0.497 e. The van der Waals surface area contributed by atoms with Crippen LogP contribution in [0.4, 0.5) is 26.3 Å². The van der Waals surface area contributed by atoms with Gasteiger partial charge in [0, 0.05) is 18.2 Å². The van der Waals surface area contributed by atoms with E-state index in [1.165, 1.54) is 23.8 Å². The maximum atomic E-state index is 13.1. The number of ether oxygens (including phenoxy) is 2. The van der Waals surface area contributed by atoms with Gasteiger partial charge in [-0.25, -0.2) is 13.1 Å². The van der Waals surface area contributed by atoms with E-state index >= 15 is 0 Å². The van der Waals surface area contributed by atoms with Crippen LogP contribution in [0.3, 0.4) is 0 Å². The van der Waals surface area contributed by atoms with Crippen molar-refractivity contribution in [3.63, 3.8) is 0 Å². The fourth-order valence-electron chi connectivity index (χ4n) is 3.27. The number of nitrogens with one attached hydrogen (secondary N) is 1. The monoisotopic (exact) mass is 561 g/mol. The molecule has 0 spiro atoms. The van der Waals surface area contributed by atoms with E-state index in [0.717, 1.165) is 0 Å². The normalized spacial score (nSPS) is 12.6. The summed E-state index contributed by atoms with van der Waals surface area (Å²) in [5.74, 6) is 1.03. The number of hydrogen-bond acceptors (Lipinski definition) is 7. The maximum absolute atomic E-state index is 13.1. The molecule has 0 saturated carbocycles. The molecule has 2 aromatic carbocycles. The number of aromatic nitrogens is 4. The molecule has 0 radical (unpaired) electrons. The van der Waals surface area contributed by atoms with Crippen LogP contribution in [0.25, 0.3) is 17.0 Å². The van der Waals surface area contributed by atoms with Crippen molar-refractivity contribution in [3.8, 4) is 23.0 Å². The SMILES string of the molecule is COc1ccc(-c2nnc3ccc(OCCNS(=O)(=O)c4cc(C(F)(F)F)cc(C(F)(F)F)c4)nn23)cc1. The summed E-state index contributed by atoms with van der Waals surface area (Å²) < 4.78 is 117. The highest BCUT2D eigenvalue weighted by molar-refractivity contribution is 7.89. The van der Waals surface area contributed by atoms with Gasteiger partial charge in [-0.15, -0.1) is 15.3 Å². The van der Waals surface area contributed by atoms with E-state index in [-0.39, 0.29) is 30.7 Å². The first-order chi connectivity index (χ1) is 17.8. The molecule has 0 aliphatic rings. The van der Waals surface area contributed by atoms with Crippen LogP contribution in [-0.4, -0.2) is 48.5 Å². The van der Waals surface area contributed by atoms with E-state index in [4.69, 9.17) is 9.47 Å². The van der Waals surface area contributed by atoms with Crippen LogP contribution < -0.4 is 14.2 Å². The summed E-state index contributed by atoms with van der Waals surface area (Å²) in [5, 5.41) is 12.3. The van der Waals surface area contributed by atoms with Crippen molar-refractivity contribution < 1.29 is 44.2 Å². The Kier molecular flexibility index (Phi) is 7.20. The number of alkyl halides is 6. The summed E-state index contributed by atoms with van der Waals surface area (Å²) >= 11 is 0. The van der Waals surface area contributed by atoms with E-state index in [9.17, 15) is 34.8 Å². The maximum Gasteiger partial charge on any atom is 0.416 e. The molecule has 16 heteroatoms. The summed E-state index contributed by atoms with van der Waals surface area (Å²) in [6.45, 7) is -0.823. The van der Waals surface area contributed by atoms with Gasteiger partial charge in [0.1, 0.15) is 12.4 Å². The molecule has 1 N–H and O–H groups in total. The number of methoxy groups -OCH3 is 1. The average Bonchev–Trinajstić information content (AvgIpc) is 3.28. The van der Waals surface area contributed by atoms with Gasteiger partial charge in [0.25, 0.3) is 0 Å². The largest absolute Gasteiger partial charge is 0.497 e. The minimum atomic E-state index is -5.19. The number of benzene rings is 2. The molecule has 0 aliphatic heterocycles. The second-order valence-electron chi connectivity index (χ2n) is 7.68. The number of sulfonamides is 1. The number of nitrogens with zero attached hydrogens (tertiary/aromatic N) is 4. The van der Waals surface area contributed by atoms with Gasteiger partial charge in [0.2, 0.25) is 15.9 Å². The van der Waals surface area contributed by atoms with Crippen molar-refractivity contribution >= 4 is 15.7 Å². The van der Waals surface area contributed by atoms with Gasteiger partial charge in [0.15, 0.2) is 11.5 Å². The molecule has 4 rings (SSSR count). The van der Waals surface area contributed by atoms with E-state index < -0.39 is 44.9 Å². The van der Waals surface area contributed by atoms with Gasteiger partial charge in [-0.3, -0.25) is 0 Å². The molecule has 9 nitrogen and oxygen atoms in total. The quantitative estimate of drug-likeness (QED) is 0.254. The number of hydrogen-bond donors (Lipinski definition) is 1. The van der Waals surface area contributed by atoms with Crippen LogP contribution in [0.2, 0.25) is 0 Å². The van der Waals surface area contributed by atoms with Crippen LogP contribution in [0.1, 0.15) is 11.1 Å². The smallest absolute Gasteiger partial charge is 0.416 e. The van der Waals surface area contributed by atoms with Crippen LogP contribution in [-0.2, 0) is 22.4 Å². The molecule has 202 valence electrons. The summed E-state index contributed by atoms with van der Waals surface area (Å²) in [6.07, 6.45) is -10.4. The molecule has 2 heterocycles. The lowest BCUT2D eigenvalue weighted by Crippen LogP contribution is -2.29. The van der Waals surface area contributed by atoms with Crippen molar-refractivity contribution in [2.45, 2.75) is 17.2 Å². The molecular weight excluding hydrogens is 544 g/mol. The van der Waals surface area contributed by atoms with Crippen molar-refractivity contribution in [1.82, 2.24) is 24.5 Å². The molecular formula is C22H17F6N5O4S. The van der Waals surface area contributed by atoms with E-state index in [1.807, 2.05) is 4.72 Å². The minimum absolute atomic E-state index is 0.0321. The zero-order valence-corrected chi connectivity index (χ0v) is 20.0. The van der Waals surface area contributed by atoms with E-state index in [0.29, 0.717) is 22.8 Å². The number of fused-ring (bicyclic) bond motifs is 1. The molecule has 4 aromatic rings. The van der Waals surface area contributed by atoms with Crippen molar-refractivity contribution in [3.05, 3.63) is 65.7 Å². The summed E-state index contributed by atoms with van der Waals surface area (Å²) in [5.41, 5.74) is -2.45. The fraction of sp³-hybridized carbons (Fsp3) is 0.227. The molecule has 0 fully saturated rings. The second-order valence-corrected chi connectivity index (χ2v) is 9.45. The lowest BCUT2D eigenvalue weighted by molar-refractivity contribution is -0.143. The third-order valence-corrected chi connectivity index (χ3v) is 6.54. The third-order valence-electron chi connectivity index (χ3n) is 5.10. The lowest BCUT2D eigenvalue weighted by atomic mass is 10.1. The first-order valence-corrected chi connectivity index (χ1v) is 12.0. The molecule has 0 amide bonds. The van der Waals surface area contributed by atoms with E-state index in [2.05, 4.69) is 15.3 Å². The molecule has 0 bridgehead atoms. The van der Waals surface area contributed by atoms with Gasteiger partial charge < -0.3 is 9.47 Å². The molecule has 0 atom stereocenters. The van der Waals surface area contributed by atoms with Gasteiger partial charge in [-0.1, -0.05) is 0 Å². The van der Waals surface area contributed by atoms with Gasteiger partial charge in [0.05, 0.1) is 23.1 Å². The highest BCUT2D eigenvalue weighted by Gasteiger charge is 2.38. The third kappa shape index (κ3) is 5.96. The summed E-state index contributed by atoms with van der Waals surface area (Å²) in [7, 11) is -3.22. The van der Waals surface area contributed by atoms with Gasteiger partial charge in [-0.05, 0) is 48.5 Å². The fourth-order valence-corrected chi connectivity index (χ4v) is 4.35. The van der Waals surface area contributed by atoms with Crippen molar-refractivity contribution in [1.29, 1.82) is 0 Å². The molecule has 38 heavy (non-hydrogen) atoms. The second kappa shape index (κ2) is 10.1. The van der Waals surface area contributed by atoms with E-state index in [1.54, 1.807) is 24.3 Å². The highest BCUT2D eigenvalue weighted by atomic mass is 32.2. The zero-order chi connectivity index (χ0) is 27.7. The Morgan fingerprint density at radius 1 is 0.895 bits per heavy atom. The first kappa shape index (κ1) is 27.1. The Labute approximate surface area is 211 Å². The van der Waals surface area contributed by atoms with Crippen LogP contribution in [0.15, 0.2) is 59.5 Å². The predicted octanol–water partition coefficient (Wildman–Crippen LogP) is 4.19. The average molecular weight is 561 g/mol. The van der Waals surface area contributed by atoms with Crippen LogP contribution in [0.5, 0.6) is 11.6 Å². The predicted molar refractivity (Wildman–Crippen MR) is 120 cm³/mol. The van der Waals surface area contributed by atoms with Crippen LogP contribution in [0, 0.1) is 0 Å². The van der Waals surface area contributed by atoms with Gasteiger partial charge >= 0.3 is 12.4 Å². The summed E-state index contributed by atoms with van der Waals surface area (Å²) in [4.78, 5) is -1.19. The molecule has 2 aromatic heterocycles. The highest BCUT2D eigenvalue weighted by Crippen LogP contribution is 2.37. The Morgan fingerprint density at radius 3 is 2.11 bits per heavy atom. The van der Waals surface area contributed by atoms with Crippen molar-refractivity contribution in [2.24, 2.45) is 0 Å². The van der Waals surface area contributed by atoms with Crippen LogP contribution >= 0.6 is 0 Å². The Hall–Kier alpha value is -3.92. The van der Waals surface area contributed by atoms with Crippen molar-refractivity contribution in [2.75, 3.05) is 20.3 Å². The number of rotatable bonds is 8. The topological polar surface area (TPSA) is 108 Å². The Balaban J connectivity index is 1.47. The lowest BCUT2D eigenvalue weighted by Gasteiger charge is -2.15. The first-order valence-electron chi connectivity index (χ1n) is 10.6. The number of halogens is 6. The van der Waals surface area contributed by atoms with Gasteiger partial charge in [-0.2, -0.15) is 30.9 Å². The zero-order valence-electron chi connectivity index (χ0n) is 19.2. The standard InChI is InChI=1S/C22H17F6N5O4S/c1-36-16-4-2-13(3-5-16)20-31-30-18-6-7-19(32-33(18)20)37-9-8-29-38(34,35)17-11-14(21(23,24)25)10-15(12-17)22(26,27)28/h2-7,10-12,29H,8-9H2,1H3. The Morgan fingerprint density at radius 2 is 1.53 bits per heavy atom.